The molecule has 1 N–H and O–H groups in total. The monoisotopic (exact) mass is 454 g/mol. The van der Waals surface area contributed by atoms with E-state index in [0.29, 0.717) is 29.4 Å². The molecule has 0 aliphatic carbocycles. The van der Waals surface area contributed by atoms with E-state index < -0.39 is 17.1 Å². The number of imide groups is 1. The van der Waals surface area contributed by atoms with Gasteiger partial charge in [-0.2, -0.15) is 0 Å². The van der Waals surface area contributed by atoms with E-state index in [2.05, 4.69) is 5.32 Å². The smallest absolute Gasteiger partial charge is 0.294 e. The molecule has 0 atom stereocenters. The molecule has 2 aromatic carbocycles. The first-order valence-corrected chi connectivity index (χ1v) is 11.0. The van der Waals surface area contributed by atoms with E-state index >= 15 is 0 Å². The molecule has 0 saturated carbocycles. The molecule has 3 rings (SSSR count). The summed E-state index contributed by atoms with van der Waals surface area (Å²) in [6.45, 7) is 7.83. The summed E-state index contributed by atoms with van der Waals surface area (Å²) in [5.74, 6) is 0.202. The SMILES string of the molecule is CCOc1ccc(/C=C2/SC(=O)N(CC(=O)Nc3c(C)cc(C)cc3C)C2=O)cc1OC. The molecular weight excluding hydrogens is 428 g/mol. The highest BCUT2D eigenvalue weighted by molar-refractivity contribution is 8.18. The Morgan fingerprint density at radius 3 is 2.41 bits per heavy atom. The zero-order valence-corrected chi connectivity index (χ0v) is 19.6. The Labute approximate surface area is 191 Å². The van der Waals surface area contributed by atoms with E-state index in [-0.39, 0.29) is 11.4 Å². The lowest BCUT2D eigenvalue weighted by molar-refractivity contribution is -0.127. The van der Waals surface area contributed by atoms with Crippen molar-refractivity contribution in [1.82, 2.24) is 4.90 Å². The van der Waals surface area contributed by atoms with Crippen molar-refractivity contribution in [3.05, 3.63) is 57.5 Å². The van der Waals surface area contributed by atoms with Gasteiger partial charge in [-0.05, 0) is 74.4 Å². The lowest BCUT2D eigenvalue weighted by Gasteiger charge is -2.16. The van der Waals surface area contributed by atoms with Crippen LogP contribution in [0.2, 0.25) is 0 Å². The van der Waals surface area contributed by atoms with Gasteiger partial charge in [-0.3, -0.25) is 19.3 Å². The third-order valence-electron chi connectivity index (χ3n) is 4.90. The van der Waals surface area contributed by atoms with Gasteiger partial charge in [0.25, 0.3) is 11.1 Å². The molecule has 0 radical (unpaired) electrons. The maximum absolute atomic E-state index is 12.8. The van der Waals surface area contributed by atoms with E-state index in [4.69, 9.17) is 9.47 Å². The number of carbonyl (C=O) groups excluding carboxylic acids is 3. The molecule has 0 bridgehead atoms. The first-order chi connectivity index (χ1) is 15.2. The summed E-state index contributed by atoms with van der Waals surface area (Å²) in [5, 5.41) is 2.35. The number of benzene rings is 2. The Bertz CT molecular complexity index is 1090. The fourth-order valence-electron chi connectivity index (χ4n) is 3.54. The van der Waals surface area contributed by atoms with Gasteiger partial charge in [-0.15, -0.1) is 0 Å². The molecule has 1 saturated heterocycles. The van der Waals surface area contributed by atoms with Gasteiger partial charge in [0.1, 0.15) is 6.54 Å². The number of hydrogen-bond donors (Lipinski definition) is 1. The molecule has 3 amide bonds. The molecule has 0 unspecified atom stereocenters. The highest BCUT2D eigenvalue weighted by atomic mass is 32.2. The maximum atomic E-state index is 12.8. The number of anilines is 1. The first-order valence-electron chi connectivity index (χ1n) is 10.2. The minimum atomic E-state index is -0.500. The summed E-state index contributed by atoms with van der Waals surface area (Å²) in [7, 11) is 1.53. The third-order valence-corrected chi connectivity index (χ3v) is 5.81. The van der Waals surface area contributed by atoms with Crippen LogP contribution in [0.25, 0.3) is 6.08 Å². The van der Waals surface area contributed by atoms with E-state index in [9.17, 15) is 14.4 Å². The van der Waals surface area contributed by atoms with Crippen molar-refractivity contribution >= 4 is 40.6 Å². The van der Waals surface area contributed by atoms with Gasteiger partial charge in [0.2, 0.25) is 5.91 Å². The molecule has 2 aromatic rings. The number of nitrogens with one attached hydrogen (secondary N) is 1. The van der Waals surface area contributed by atoms with Gasteiger partial charge < -0.3 is 14.8 Å². The number of aryl methyl sites for hydroxylation is 3. The molecule has 1 heterocycles. The van der Waals surface area contributed by atoms with Gasteiger partial charge in [0.05, 0.1) is 18.6 Å². The lowest BCUT2D eigenvalue weighted by Crippen LogP contribution is -2.36. The number of nitrogens with zero attached hydrogens (tertiary/aromatic N) is 1. The number of methoxy groups -OCH3 is 1. The summed E-state index contributed by atoms with van der Waals surface area (Å²) < 4.78 is 10.8. The van der Waals surface area contributed by atoms with Gasteiger partial charge in [-0.1, -0.05) is 23.8 Å². The predicted molar refractivity (Wildman–Crippen MR) is 126 cm³/mol. The lowest BCUT2D eigenvalue weighted by atomic mass is 10.1. The van der Waals surface area contributed by atoms with E-state index in [1.165, 1.54) is 7.11 Å². The van der Waals surface area contributed by atoms with Crippen molar-refractivity contribution in [2.45, 2.75) is 27.7 Å². The molecule has 0 spiro atoms. The Morgan fingerprint density at radius 2 is 1.78 bits per heavy atom. The van der Waals surface area contributed by atoms with Crippen molar-refractivity contribution in [3.63, 3.8) is 0 Å². The molecule has 1 aliphatic heterocycles. The highest BCUT2D eigenvalue weighted by Gasteiger charge is 2.36. The van der Waals surface area contributed by atoms with Crippen molar-refractivity contribution in [2.24, 2.45) is 0 Å². The summed E-state index contributed by atoms with van der Waals surface area (Å²) in [5.41, 5.74) is 4.33. The van der Waals surface area contributed by atoms with Crippen LogP contribution < -0.4 is 14.8 Å². The van der Waals surface area contributed by atoms with Gasteiger partial charge in [-0.25, -0.2) is 0 Å². The zero-order valence-electron chi connectivity index (χ0n) is 18.8. The van der Waals surface area contributed by atoms with Crippen LogP contribution >= 0.6 is 11.8 Å². The molecular formula is C24H26N2O5S. The minimum absolute atomic E-state index is 0.247. The fraction of sp³-hybridized carbons (Fsp3) is 0.292. The highest BCUT2D eigenvalue weighted by Crippen LogP contribution is 2.34. The van der Waals surface area contributed by atoms with Crippen LogP contribution in [0, 0.1) is 20.8 Å². The molecule has 8 heteroatoms. The topological polar surface area (TPSA) is 84.9 Å². The second kappa shape index (κ2) is 9.91. The second-order valence-electron chi connectivity index (χ2n) is 7.43. The molecule has 32 heavy (non-hydrogen) atoms. The van der Waals surface area contributed by atoms with Crippen LogP contribution in [0.15, 0.2) is 35.2 Å². The Kier molecular flexibility index (Phi) is 7.25. The number of amides is 3. The number of hydrogen-bond acceptors (Lipinski definition) is 6. The molecule has 7 nitrogen and oxygen atoms in total. The molecule has 1 aliphatic rings. The number of ether oxygens (including phenoxy) is 2. The van der Waals surface area contributed by atoms with E-state index in [0.717, 1.165) is 33.4 Å². The standard InChI is InChI=1S/C24H26N2O5S/c1-6-31-18-8-7-17(11-19(18)30-5)12-20-23(28)26(24(29)32-20)13-21(27)25-22-15(3)9-14(2)10-16(22)4/h7-12H,6,13H2,1-5H3,(H,25,27)/b20-12+. The van der Waals surface area contributed by atoms with Crippen LogP contribution in [-0.4, -0.2) is 42.2 Å². The number of rotatable bonds is 7. The molecule has 1 fully saturated rings. The van der Waals surface area contributed by atoms with Gasteiger partial charge in [0.15, 0.2) is 11.5 Å². The summed E-state index contributed by atoms with van der Waals surface area (Å²) in [4.78, 5) is 39.0. The molecule has 0 aromatic heterocycles. The Morgan fingerprint density at radius 1 is 1.09 bits per heavy atom. The Hall–Kier alpha value is -3.26. The van der Waals surface area contributed by atoms with Crippen molar-refractivity contribution < 1.29 is 23.9 Å². The summed E-state index contributed by atoms with van der Waals surface area (Å²) >= 11 is 0.808. The van der Waals surface area contributed by atoms with Crippen LogP contribution in [0.1, 0.15) is 29.2 Å². The average molecular weight is 455 g/mol. The van der Waals surface area contributed by atoms with Crippen molar-refractivity contribution in [2.75, 3.05) is 25.6 Å². The van der Waals surface area contributed by atoms with Crippen LogP contribution in [0.5, 0.6) is 11.5 Å². The minimum Gasteiger partial charge on any atom is -0.493 e. The number of carbonyl (C=O) groups is 3. The second-order valence-corrected chi connectivity index (χ2v) is 8.43. The normalized spacial score (nSPS) is 14.8. The van der Waals surface area contributed by atoms with Crippen molar-refractivity contribution in [1.29, 1.82) is 0 Å². The maximum Gasteiger partial charge on any atom is 0.294 e. The van der Waals surface area contributed by atoms with Crippen LogP contribution in [0.3, 0.4) is 0 Å². The van der Waals surface area contributed by atoms with Gasteiger partial charge in [0, 0.05) is 5.69 Å². The Balaban J connectivity index is 1.74. The van der Waals surface area contributed by atoms with Crippen molar-refractivity contribution in [3.8, 4) is 11.5 Å². The van der Waals surface area contributed by atoms with E-state index in [1.54, 1.807) is 24.3 Å². The first kappa shape index (κ1) is 23.4. The van der Waals surface area contributed by atoms with Crippen LogP contribution in [0.4, 0.5) is 10.5 Å². The summed E-state index contributed by atoms with van der Waals surface area (Å²) in [6, 6.07) is 9.19. The van der Waals surface area contributed by atoms with Crippen LogP contribution in [-0.2, 0) is 9.59 Å². The zero-order chi connectivity index (χ0) is 23.4. The molecule has 168 valence electrons. The summed E-state index contributed by atoms with van der Waals surface area (Å²) in [6.07, 6.45) is 1.61. The number of thioether (sulfide) groups is 1. The van der Waals surface area contributed by atoms with E-state index in [1.807, 2.05) is 39.8 Å². The predicted octanol–water partition coefficient (Wildman–Crippen LogP) is 4.69. The average Bonchev–Trinajstić information content (AvgIpc) is 2.99. The fourth-order valence-corrected chi connectivity index (χ4v) is 4.37. The largest absolute Gasteiger partial charge is 0.493 e. The third kappa shape index (κ3) is 5.13. The van der Waals surface area contributed by atoms with Gasteiger partial charge >= 0.3 is 0 Å². The quantitative estimate of drug-likeness (QED) is 0.611.